The van der Waals surface area contributed by atoms with Crippen molar-refractivity contribution < 1.29 is 22.7 Å². The van der Waals surface area contributed by atoms with Crippen LogP contribution < -0.4 is 14.4 Å². The number of benzene rings is 4. The maximum absolute atomic E-state index is 14.6. The van der Waals surface area contributed by atoms with Crippen LogP contribution in [0.3, 0.4) is 0 Å². The Bertz CT molecular complexity index is 1750. The molecule has 4 rings (SSSR count). The summed E-state index contributed by atoms with van der Waals surface area (Å²) in [6, 6.07) is 26.9. The first kappa shape index (κ1) is 36.0. The molecule has 4 aromatic carbocycles. The molecule has 0 bridgehead atoms. The number of hydrogen-bond acceptors (Lipinski definition) is 5. The summed E-state index contributed by atoms with van der Waals surface area (Å²) in [6.07, 6.45) is 1.91. The van der Waals surface area contributed by atoms with Gasteiger partial charge in [-0.25, -0.2) is 8.42 Å². The molecule has 0 heterocycles. The van der Waals surface area contributed by atoms with Crippen molar-refractivity contribution in [1.82, 2.24) is 10.2 Å². The Labute approximate surface area is 290 Å². The fourth-order valence-corrected chi connectivity index (χ4v) is 7.28. The van der Waals surface area contributed by atoms with Gasteiger partial charge in [-0.2, -0.15) is 0 Å². The Kier molecular flexibility index (Phi) is 12.9. The minimum atomic E-state index is -4.26. The molecule has 47 heavy (non-hydrogen) atoms. The zero-order valence-electron chi connectivity index (χ0n) is 26.7. The van der Waals surface area contributed by atoms with Crippen molar-refractivity contribution in [1.29, 1.82) is 0 Å². The first-order chi connectivity index (χ1) is 22.5. The molecule has 4 aromatic rings. The second-order valence-electron chi connectivity index (χ2n) is 11.1. The molecule has 2 amide bonds. The number of anilines is 1. The van der Waals surface area contributed by atoms with Crippen LogP contribution in [0.15, 0.2) is 106 Å². The SMILES string of the molecule is CCCCNC(=O)[C@H](Cc1ccccc1)N(Cc1ccc(Cl)cc1)C(=O)CN(c1ccc(C)cc1)S(=O)(=O)c1ccc(OC)c(Br)c1. The molecule has 8 nitrogen and oxygen atoms in total. The number of amides is 2. The zero-order chi connectivity index (χ0) is 34.0. The van der Waals surface area contributed by atoms with E-state index in [9.17, 15) is 18.0 Å². The third-order valence-corrected chi connectivity index (χ3v) is 10.3. The highest BCUT2D eigenvalue weighted by molar-refractivity contribution is 9.10. The number of aryl methyl sites for hydroxylation is 1. The maximum Gasteiger partial charge on any atom is 0.264 e. The molecule has 0 aliphatic heterocycles. The summed E-state index contributed by atoms with van der Waals surface area (Å²) in [5.74, 6) is -0.384. The number of rotatable bonds is 15. The molecule has 0 aliphatic carbocycles. The Morgan fingerprint density at radius 2 is 1.62 bits per heavy atom. The summed E-state index contributed by atoms with van der Waals surface area (Å²) in [4.78, 5) is 29.9. The number of carbonyl (C=O) groups is 2. The van der Waals surface area contributed by atoms with Gasteiger partial charge in [0.2, 0.25) is 11.8 Å². The average Bonchev–Trinajstić information content (AvgIpc) is 3.07. The van der Waals surface area contributed by atoms with E-state index in [1.165, 1.54) is 24.1 Å². The van der Waals surface area contributed by atoms with Gasteiger partial charge in [-0.3, -0.25) is 13.9 Å². The Balaban J connectivity index is 1.79. The fraction of sp³-hybridized carbons (Fsp3) is 0.278. The summed E-state index contributed by atoms with van der Waals surface area (Å²) in [6.45, 7) is 3.90. The van der Waals surface area contributed by atoms with Gasteiger partial charge in [0.15, 0.2) is 0 Å². The average molecular weight is 741 g/mol. The lowest BCUT2D eigenvalue weighted by Gasteiger charge is -2.34. The topological polar surface area (TPSA) is 96.0 Å². The van der Waals surface area contributed by atoms with Gasteiger partial charge in [-0.05, 0) is 82.9 Å². The van der Waals surface area contributed by atoms with Crippen LogP contribution >= 0.6 is 27.5 Å². The van der Waals surface area contributed by atoms with Gasteiger partial charge in [-0.15, -0.1) is 0 Å². The summed E-state index contributed by atoms with van der Waals surface area (Å²) in [5.41, 5.74) is 2.85. The highest BCUT2D eigenvalue weighted by Gasteiger charge is 2.34. The van der Waals surface area contributed by atoms with Gasteiger partial charge in [0.25, 0.3) is 10.0 Å². The highest BCUT2D eigenvalue weighted by atomic mass is 79.9. The van der Waals surface area contributed by atoms with E-state index in [4.69, 9.17) is 16.3 Å². The molecule has 0 saturated heterocycles. The second-order valence-corrected chi connectivity index (χ2v) is 14.3. The second kappa shape index (κ2) is 16.8. The quantitative estimate of drug-likeness (QED) is 0.131. The zero-order valence-corrected chi connectivity index (χ0v) is 29.8. The van der Waals surface area contributed by atoms with Crippen molar-refractivity contribution in [2.75, 3.05) is 24.5 Å². The van der Waals surface area contributed by atoms with E-state index < -0.39 is 28.5 Å². The van der Waals surface area contributed by atoms with Crippen molar-refractivity contribution in [3.63, 3.8) is 0 Å². The van der Waals surface area contributed by atoms with Crippen LogP contribution in [0.1, 0.15) is 36.5 Å². The van der Waals surface area contributed by atoms with Crippen LogP contribution in [-0.2, 0) is 32.6 Å². The number of nitrogens with zero attached hydrogens (tertiary/aromatic N) is 2. The van der Waals surface area contributed by atoms with Crippen LogP contribution in [0.25, 0.3) is 0 Å². The van der Waals surface area contributed by atoms with E-state index in [0.29, 0.717) is 27.5 Å². The summed E-state index contributed by atoms with van der Waals surface area (Å²) < 4.78 is 35.4. The van der Waals surface area contributed by atoms with Crippen LogP contribution in [0, 0.1) is 6.92 Å². The number of sulfonamides is 1. The van der Waals surface area contributed by atoms with E-state index in [0.717, 1.165) is 33.8 Å². The summed E-state index contributed by atoms with van der Waals surface area (Å²) >= 11 is 9.55. The van der Waals surface area contributed by atoms with Crippen LogP contribution in [0.2, 0.25) is 5.02 Å². The number of methoxy groups -OCH3 is 1. The van der Waals surface area contributed by atoms with E-state index in [1.54, 1.807) is 54.6 Å². The predicted octanol–water partition coefficient (Wildman–Crippen LogP) is 7.17. The number of unbranched alkanes of at least 4 members (excludes halogenated alkanes) is 1. The van der Waals surface area contributed by atoms with Gasteiger partial charge in [0.1, 0.15) is 18.3 Å². The molecule has 0 radical (unpaired) electrons. The minimum absolute atomic E-state index is 0.0269. The van der Waals surface area contributed by atoms with Crippen LogP contribution in [0.4, 0.5) is 5.69 Å². The number of ether oxygens (including phenoxy) is 1. The molecule has 1 atom stereocenters. The van der Waals surface area contributed by atoms with Gasteiger partial charge in [-0.1, -0.05) is 85.1 Å². The summed E-state index contributed by atoms with van der Waals surface area (Å²) in [5, 5.41) is 3.53. The molecular weight excluding hydrogens is 702 g/mol. The first-order valence-electron chi connectivity index (χ1n) is 15.3. The van der Waals surface area contributed by atoms with Crippen molar-refractivity contribution in [3.8, 4) is 5.75 Å². The molecular formula is C36H39BrClN3O5S. The fourth-order valence-electron chi connectivity index (χ4n) is 5.02. The largest absolute Gasteiger partial charge is 0.496 e. The molecule has 1 N–H and O–H groups in total. The molecule has 0 spiro atoms. The van der Waals surface area contributed by atoms with Crippen molar-refractivity contribution in [2.24, 2.45) is 0 Å². The standard InChI is InChI=1S/C36H39BrClN3O5S/c1-4-5-21-39-36(43)33(22-27-9-7-6-8-10-27)40(24-28-13-15-29(38)16-14-28)35(42)25-41(30-17-11-26(2)12-18-30)47(44,45)31-19-20-34(46-3)32(37)23-31/h6-20,23,33H,4-5,21-22,24-25H2,1-3H3,(H,39,43)/t33-/m0/s1. The molecule has 0 fully saturated rings. The number of hydrogen-bond donors (Lipinski definition) is 1. The molecule has 0 unspecified atom stereocenters. The van der Waals surface area contributed by atoms with E-state index in [1.807, 2.05) is 44.2 Å². The van der Waals surface area contributed by atoms with Gasteiger partial charge in [0.05, 0.1) is 22.2 Å². The minimum Gasteiger partial charge on any atom is -0.496 e. The molecule has 0 aliphatic rings. The van der Waals surface area contributed by atoms with E-state index in [2.05, 4.69) is 21.2 Å². The third kappa shape index (κ3) is 9.59. The van der Waals surface area contributed by atoms with Crippen molar-refractivity contribution in [2.45, 2.75) is 50.6 Å². The van der Waals surface area contributed by atoms with E-state index >= 15 is 0 Å². The Hall–Kier alpha value is -3.86. The van der Waals surface area contributed by atoms with Crippen molar-refractivity contribution in [3.05, 3.63) is 123 Å². The van der Waals surface area contributed by atoms with Gasteiger partial charge >= 0.3 is 0 Å². The number of nitrogens with one attached hydrogen (secondary N) is 1. The third-order valence-electron chi connectivity index (χ3n) is 7.68. The Morgan fingerprint density at radius 3 is 2.23 bits per heavy atom. The lowest BCUT2D eigenvalue weighted by atomic mass is 10.0. The maximum atomic E-state index is 14.6. The lowest BCUT2D eigenvalue weighted by Crippen LogP contribution is -2.53. The first-order valence-corrected chi connectivity index (χ1v) is 17.9. The van der Waals surface area contributed by atoms with E-state index in [-0.39, 0.29) is 23.8 Å². The molecule has 248 valence electrons. The van der Waals surface area contributed by atoms with Gasteiger partial charge in [0, 0.05) is 24.5 Å². The van der Waals surface area contributed by atoms with Gasteiger partial charge < -0.3 is 15.0 Å². The number of halogens is 2. The smallest absolute Gasteiger partial charge is 0.264 e. The molecule has 11 heteroatoms. The van der Waals surface area contributed by atoms with Crippen LogP contribution in [-0.4, -0.2) is 51.4 Å². The number of carbonyl (C=O) groups excluding carboxylic acids is 2. The summed E-state index contributed by atoms with van der Waals surface area (Å²) in [7, 11) is -2.77. The van der Waals surface area contributed by atoms with Crippen LogP contribution in [0.5, 0.6) is 5.75 Å². The monoisotopic (exact) mass is 739 g/mol. The lowest BCUT2D eigenvalue weighted by molar-refractivity contribution is -0.140. The normalized spacial score (nSPS) is 11.9. The molecule has 0 saturated carbocycles. The highest BCUT2D eigenvalue weighted by Crippen LogP contribution is 2.31. The van der Waals surface area contributed by atoms with Crippen molar-refractivity contribution >= 4 is 55.1 Å². The molecule has 0 aromatic heterocycles. The predicted molar refractivity (Wildman–Crippen MR) is 190 cm³/mol. The Morgan fingerprint density at radius 1 is 0.936 bits per heavy atom.